The number of hydrogen-bond donors (Lipinski definition) is 3. The summed E-state index contributed by atoms with van der Waals surface area (Å²) in [7, 11) is 0. The number of anilines is 1. The van der Waals surface area contributed by atoms with Crippen LogP contribution in [0.25, 0.3) is 0 Å². The van der Waals surface area contributed by atoms with Gasteiger partial charge in [0, 0.05) is 17.8 Å². The summed E-state index contributed by atoms with van der Waals surface area (Å²) in [6, 6.07) is 10.5. The molecule has 2 amide bonds. The fourth-order valence-corrected chi connectivity index (χ4v) is 1.88. The highest BCUT2D eigenvalue weighted by Gasteiger charge is 2.07. The maximum atomic E-state index is 12.1. The van der Waals surface area contributed by atoms with Gasteiger partial charge in [-0.15, -0.1) is 6.58 Å². The second-order valence-corrected chi connectivity index (χ2v) is 4.79. The van der Waals surface area contributed by atoms with Crippen molar-refractivity contribution in [3.63, 3.8) is 0 Å². The Morgan fingerprint density at radius 1 is 1.17 bits per heavy atom. The molecule has 6 nitrogen and oxygen atoms in total. The summed E-state index contributed by atoms with van der Waals surface area (Å²) in [5.41, 5.74) is 1.21. The van der Waals surface area contributed by atoms with E-state index in [1.54, 1.807) is 48.7 Å². The Labute approximate surface area is 134 Å². The summed E-state index contributed by atoms with van der Waals surface area (Å²) >= 11 is 0. The van der Waals surface area contributed by atoms with Crippen LogP contribution in [0.1, 0.15) is 16.1 Å². The summed E-state index contributed by atoms with van der Waals surface area (Å²) in [4.78, 5) is 23.6. The molecule has 0 aliphatic carbocycles. The lowest BCUT2D eigenvalue weighted by molar-refractivity contribution is -0.119. The molecule has 0 saturated heterocycles. The van der Waals surface area contributed by atoms with E-state index in [1.165, 1.54) is 0 Å². The van der Waals surface area contributed by atoms with Crippen molar-refractivity contribution in [2.45, 2.75) is 6.54 Å². The molecule has 6 heteroatoms. The normalized spacial score (nSPS) is 9.91. The lowest BCUT2D eigenvalue weighted by Gasteiger charge is -2.08. The van der Waals surface area contributed by atoms with Gasteiger partial charge in [-0.3, -0.25) is 9.59 Å². The number of amides is 2. The lowest BCUT2D eigenvalue weighted by atomic mass is 10.2. The van der Waals surface area contributed by atoms with Gasteiger partial charge < -0.3 is 20.4 Å². The number of carbonyl (C=O) groups is 2. The number of hydrogen-bond acceptors (Lipinski definition) is 4. The fourth-order valence-electron chi connectivity index (χ4n) is 1.88. The zero-order chi connectivity index (χ0) is 16.5. The zero-order valence-corrected chi connectivity index (χ0v) is 12.7. The molecule has 2 rings (SSSR count). The van der Waals surface area contributed by atoms with E-state index in [0.717, 1.165) is 0 Å². The summed E-state index contributed by atoms with van der Waals surface area (Å²) in [5.74, 6) is 0.338. The molecule has 0 bridgehead atoms. The van der Waals surface area contributed by atoms with Crippen LogP contribution in [0.2, 0.25) is 0 Å². The highest BCUT2D eigenvalue weighted by molar-refractivity contribution is 5.95. The summed E-state index contributed by atoms with van der Waals surface area (Å²) in [6.45, 7) is 4.41. The van der Waals surface area contributed by atoms with Crippen molar-refractivity contribution < 1.29 is 14.0 Å². The van der Waals surface area contributed by atoms with Crippen LogP contribution in [0.3, 0.4) is 0 Å². The van der Waals surface area contributed by atoms with Gasteiger partial charge in [-0.05, 0) is 30.3 Å². The molecule has 1 heterocycles. The number of nitrogens with one attached hydrogen (secondary N) is 3. The average molecular weight is 313 g/mol. The molecule has 0 saturated carbocycles. The van der Waals surface area contributed by atoms with Crippen molar-refractivity contribution in [3.05, 3.63) is 66.6 Å². The van der Waals surface area contributed by atoms with E-state index >= 15 is 0 Å². The van der Waals surface area contributed by atoms with Gasteiger partial charge in [0.1, 0.15) is 5.76 Å². The van der Waals surface area contributed by atoms with Crippen LogP contribution in [0, 0.1) is 0 Å². The smallest absolute Gasteiger partial charge is 0.251 e. The molecule has 2 aromatic rings. The van der Waals surface area contributed by atoms with Crippen molar-refractivity contribution in [3.8, 4) is 0 Å². The van der Waals surface area contributed by atoms with Crippen molar-refractivity contribution in [1.82, 2.24) is 10.6 Å². The Balaban J connectivity index is 1.87. The molecular weight excluding hydrogens is 294 g/mol. The predicted octanol–water partition coefficient (Wildman–Crippen LogP) is 1.92. The van der Waals surface area contributed by atoms with E-state index in [0.29, 0.717) is 30.1 Å². The Hall–Kier alpha value is -3.02. The number of rotatable bonds is 8. The number of furan rings is 1. The second kappa shape index (κ2) is 8.43. The Bertz CT molecular complexity index is 665. The summed E-state index contributed by atoms with van der Waals surface area (Å²) in [6.07, 6.45) is 3.17. The second-order valence-electron chi connectivity index (χ2n) is 4.79. The van der Waals surface area contributed by atoms with Gasteiger partial charge in [0.15, 0.2) is 0 Å². The monoisotopic (exact) mass is 313 g/mol. The fraction of sp³-hybridized carbons (Fsp3) is 0.176. The average Bonchev–Trinajstić information content (AvgIpc) is 3.09. The van der Waals surface area contributed by atoms with E-state index < -0.39 is 0 Å². The number of benzene rings is 1. The third-order valence-electron chi connectivity index (χ3n) is 3.02. The topological polar surface area (TPSA) is 83.4 Å². The van der Waals surface area contributed by atoms with E-state index in [-0.39, 0.29) is 18.4 Å². The molecule has 0 radical (unpaired) electrons. The van der Waals surface area contributed by atoms with Gasteiger partial charge >= 0.3 is 0 Å². The summed E-state index contributed by atoms with van der Waals surface area (Å²) in [5, 5.41) is 8.41. The van der Waals surface area contributed by atoms with Gasteiger partial charge in [-0.2, -0.15) is 0 Å². The van der Waals surface area contributed by atoms with Crippen LogP contribution in [0.5, 0.6) is 0 Å². The van der Waals surface area contributed by atoms with E-state index in [4.69, 9.17) is 4.42 Å². The first-order valence-electron chi connectivity index (χ1n) is 7.21. The van der Waals surface area contributed by atoms with Crippen LogP contribution in [-0.4, -0.2) is 24.9 Å². The largest absolute Gasteiger partial charge is 0.467 e. The minimum atomic E-state index is -0.207. The van der Waals surface area contributed by atoms with Crippen molar-refractivity contribution >= 4 is 17.5 Å². The zero-order valence-electron chi connectivity index (χ0n) is 12.7. The van der Waals surface area contributed by atoms with Crippen LogP contribution < -0.4 is 16.0 Å². The van der Waals surface area contributed by atoms with Crippen molar-refractivity contribution in [2.75, 3.05) is 18.4 Å². The van der Waals surface area contributed by atoms with Crippen molar-refractivity contribution in [2.24, 2.45) is 0 Å². The Kier molecular flexibility index (Phi) is 5.99. The first-order chi connectivity index (χ1) is 11.2. The molecule has 120 valence electrons. The van der Waals surface area contributed by atoms with E-state index in [2.05, 4.69) is 22.5 Å². The lowest BCUT2D eigenvalue weighted by Crippen LogP contribution is -2.29. The predicted molar refractivity (Wildman–Crippen MR) is 88.0 cm³/mol. The molecule has 0 fully saturated rings. The molecule has 0 aliphatic rings. The third kappa shape index (κ3) is 5.35. The Morgan fingerprint density at radius 2 is 2.04 bits per heavy atom. The first kappa shape index (κ1) is 16.4. The van der Waals surface area contributed by atoms with Gasteiger partial charge in [0.05, 0.1) is 19.4 Å². The quantitative estimate of drug-likeness (QED) is 0.650. The standard InChI is InChI=1S/C17H19N3O3/c1-2-8-18-16(21)12-19-14-6-3-5-13(10-14)17(22)20-11-15-7-4-9-23-15/h2-7,9-10,19H,1,8,11-12H2,(H,18,21)(H,20,22). The van der Waals surface area contributed by atoms with E-state index in [1.807, 2.05) is 0 Å². The number of carbonyl (C=O) groups excluding carboxylic acids is 2. The highest BCUT2D eigenvalue weighted by Crippen LogP contribution is 2.10. The van der Waals surface area contributed by atoms with Crippen LogP contribution >= 0.6 is 0 Å². The van der Waals surface area contributed by atoms with Crippen LogP contribution in [-0.2, 0) is 11.3 Å². The van der Waals surface area contributed by atoms with Crippen LogP contribution in [0.4, 0.5) is 5.69 Å². The van der Waals surface area contributed by atoms with Gasteiger partial charge in [0.25, 0.3) is 5.91 Å². The van der Waals surface area contributed by atoms with Crippen molar-refractivity contribution in [1.29, 1.82) is 0 Å². The SMILES string of the molecule is C=CCNC(=O)CNc1cccc(C(=O)NCc2ccco2)c1. The minimum absolute atomic E-state index is 0.130. The van der Waals surface area contributed by atoms with E-state index in [9.17, 15) is 9.59 Å². The summed E-state index contributed by atoms with van der Waals surface area (Å²) < 4.78 is 5.16. The van der Waals surface area contributed by atoms with Gasteiger partial charge in [-0.25, -0.2) is 0 Å². The molecule has 23 heavy (non-hydrogen) atoms. The molecule has 1 aromatic heterocycles. The molecule has 3 N–H and O–H groups in total. The molecule has 0 spiro atoms. The highest BCUT2D eigenvalue weighted by atomic mass is 16.3. The first-order valence-corrected chi connectivity index (χ1v) is 7.21. The molecule has 0 aliphatic heterocycles. The maximum Gasteiger partial charge on any atom is 0.251 e. The Morgan fingerprint density at radius 3 is 2.78 bits per heavy atom. The molecule has 0 atom stereocenters. The third-order valence-corrected chi connectivity index (χ3v) is 3.02. The minimum Gasteiger partial charge on any atom is -0.467 e. The maximum absolute atomic E-state index is 12.1. The molecule has 1 aromatic carbocycles. The van der Waals surface area contributed by atoms with Gasteiger partial charge in [-0.1, -0.05) is 12.1 Å². The van der Waals surface area contributed by atoms with Gasteiger partial charge in [0.2, 0.25) is 5.91 Å². The molecule has 0 unspecified atom stereocenters. The van der Waals surface area contributed by atoms with Crippen LogP contribution in [0.15, 0.2) is 59.7 Å². The molecular formula is C17H19N3O3.